The average Bonchev–Trinajstić information content (AvgIpc) is 2.97. The van der Waals surface area contributed by atoms with Gasteiger partial charge in [0.15, 0.2) is 11.5 Å². The van der Waals surface area contributed by atoms with Gasteiger partial charge in [0.1, 0.15) is 5.69 Å². The molecule has 0 saturated carbocycles. The van der Waals surface area contributed by atoms with Gasteiger partial charge in [-0.3, -0.25) is 0 Å². The van der Waals surface area contributed by atoms with E-state index in [1.165, 1.54) is 0 Å². The minimum absolute atomic E-state index is 0.329. The van der Waals surface area contributed by atoms with Gasteiger partial charge < -0.3 is 24.5 Å². The molecule has 3 aromatic rings. The van der Waals surface area contributed by atoms with E-state index in [1.807, 2.05) is 42.5 Å². The maximum Gasteiger partial charge on any atom is 0.352 e. The van der Waals surface area contributed by atoms with E-state index in [4.69, 9.17) is 9.47 Å². The lowest BCUT2D eigenvalue weighted by molar-refractivity contribution is 0.0685. The molecule has 0 aliphatic heterocycles. The zero-order valence-electron chi connectivity index (χ0n) is 15.8. The van der Waals surface area contributed by atoms with E-state index >= 15 is 0 Å². The summed E-state index contributed by atoms with van der Waals surface area (Å²) in [6.07, 6.45) is 0.799. The molecule has 142 valence electrons. The summed E-state index contributed by atoms with van der Waals surface area (Å²) in [6, 6.07) is 13.6. The molecule has 0 bridgehead atoms. The van der Waals surface area contributed by atoms with Crippen molar-refractivity contribution in [3.63, 3.8) is 0 Å². The topological polar surface area (TPSA) is 72.7 Å². The molecule has 0 radical (unpaired) electrons. The number of aryl methyl sites for hydroxylation is 1. The molecule has 3 rings (SSSR count). The molecule has 2 N–H and O–H groups in total. The second-order valence-electron chi connectivity index (χ2n) is 6.32. The van der Waals surface area contributed by atoms with Gasteiger partial charge in [-0.2, -0.15) is 0 Å². The number of methoxy groups -OCH3 is 2. The van der Waals surface area contributed by atoms with E-state index in [0.29, 0.717) is 23.7 Å². The van der Waals surface area contributed by atoms with Crippen LogP contribution in [-0.2, 0) is 20.0 Å². The highest BCUT2D eigenvalue weighted by Gasteiger charge is 2.19. The molecule has 1 aromatic heterocycles. The van der Waals surface area contributed by atoms with Crippen LogP contribution in [0.1, 0.15) is 21.6 Å². The highest BCUT2D eigenvalue weighted by Crippen LogP contribution is 2.28. The quantitative estimate of drug-likeness (QED) is 0.597. The number of rotatable bonds is 8. The first-order valence-electron chi connectivity index (χ1n) is 8.78. The number of carboxylic acid groups (broad SMARTS) is 1. The molecule has 0 saturated heterocycles. The molecular formula is C21H24N2O4. The van der Waals surface area contributed by atoms with Gasteiger partial charge in [0, 0.05) is 30.1 Å². The van der Waals surface area contributed by atoms with Gasteiger partial charge in [-0.1, -0.05) is 24.3 Å². The Morgan fingerprint density at radius 2 is 1.85 bits per heavy atom. The van der Waals surface area contributed by atoms with Gasteiger partial charge >= 0.3 is 5.97 Å². The summed E-state index contributed by atoms with van der Waals surface area (Å²) in [6.45, 7) is 1.22. The lowest BCUT2D eigenvalue weighted by atomic mass is 10.1. The van der Waals surface area contributed by atoms with E-state index < -0.39 is 5.97 Å². The molecule has 2 aromatic carbocycles. The maximum atomic E-state index is 11.7. The highest BCUT2D eigenvalue weighted by atomic mass is 16.5. The third-order valence-corrected chi connectivity index (χ3v) is 4.75. The van der Waals surface area contributed by atoms with E-state index in [2.05, 4.69) is 5.32 Å². The van der Waals surface area contributed by atoms with Crippen LogP contribution in [0.4, 0.5) is 0 Å². The molecular weight excluding hydrogens is 344 g/mol. The molecule has 0 fully saturated rings. The zero-order valence-corrected chi connectivity index (χ0v) is 15.8. The SMILES string of the molecule is COc1ccc(CCNCc2c(C(=O)O)n(C)c3ccccc23)cc1OC. The number of nitrogens with zero attached hydrogens (tertiary/aromatic N) is 1. The van der Waals surface area contributed by atoms with Crippen LogP contribution >= 0.6 is 0 Å². The Bertz CT molecular complexity index is 962. The van der Waals surface area contributed by atoms with Crippen molar-refractivity contribution < 1.29 is 19.4 Å². The van der Waals surface area contributed by atoms with Crippen molar-refractivity contribution in [2.75, 3.05) is 20.8 Å². The van der Waals surface area contributed by atoms with Crippen molar-refractivity contribution in [1.29, 1.82) is 0 Å². The normalized spacial score (nSPS) is 10.9. The van der Waals surface area contributed by atoms with Crippen molar-refractivity contribution in [2.24, 2.45) is 7.05 Å². The number of ether oxygens (including phenoxy) is 2. The molecule has 27 heavy (non-hydrogen) atoms. The minimum atomic E-state index is -0.912. The summed E-state index contributed by atoms with van der Waals surface area (Å²) in [5.41, 5.74) is 3.19. The molecule has 0 atom stereocenters. The van der Waals surface area contributed by atoms with E-state index in [-0.39, 0.29) is 0 Å². The number of para-hydroxylation sites is 1. The predicted octanol–water partition coefficient (Wildman–Crippen LogP) is 3.23. The number of hydrogen-bond donors (Lipinski definition) is 2. The van der Waals surface area contributed by atoms with Crippen molar-refractivity contribution in [3.05, 3.63) is 59.3 Å². The summed E-state index contributed by atoms with van der Waals surface area (Å²) in [7, 11) is 5.02. The summed E-state index contributed by atoms with van der Waals surface area (Å²) in [4.78, 5) is 11.7. The van der Waals surface area contributed by atoms with E-state index in [0.717, 1.165) is 35.0 Å². The Balaban J connectivity index is 1.71. The van der Waals surface area contributed by atoms with Gasteiger partial charge in [0.05, 0.1) is 14.2 Å². The lowest BCUT2D eigenvalue weighted by Crippen LogP contribution is -2.19. The molecule has 0 spiro atoms. The fourth-order valence-electron chi connectivity index (χ4n) is 3.41. The smallest absolute Gasteiger partial charge is 0.352 e. The van der Waals surface area contributed by atoms with Crippen LogP contribution in [0.15, 0.2) is 42.5 Å². The number of aromatic carboxylic acids is 1. The van der Waals surface area contributed by atoms with Crippen LogP contribution in [0, 0.1) is 0 Å². The Hall–Kier alpha value is -2.99. The van der Waals surface area contributed by atoms with E-state index in [1.54, 1.807) is 25.8 Å². The Kier molecular flexibility index (Phi) is 5.66. The molecule has 0 aliphatic rings. The largest absolute Gasteiger partial charge is 0.493 e. The second kappa shape index (κ2) is 8.14. The van der Waals surface area contributed by atoms with Crippen molar-refractivity contribution in [1.82, 2.24) is 9.88 Å². The second-order valence-corrected chi connectivity index (χ2v) is 6.32. The van der Waals surface area contributed by atoms with Crippen molar-refractivity contribution in [3.8, 4) is 11.5 Å². The number of carboxylic acids is 1. The molecule has 6 heteroatoms. The fraction of sp³-hybridized carbons (Fsp3) is 0.286. The van der Waals surface area contributed by atoms with Crippen LogP contribution in [0.2, 0.25) is 0 Å². The summed E-state index contributed by atoms with van der Waals surface area (Å²) in [5, 5.41) is 14.0. The van der Waals surface area contributed by atoms with Crippen LogP contribution in [-0.4, -0.2) is 36.4 Å². The number of aromatic nitrogens is 1. The zero-order chi connectivity index (χ0) is 19.4. The number of benzene rings is 2. The monoisotopic (exact) mass is 368 g/mol. The average molecular weight is 368 g/mol. The van der Waals surface area contributed by atoms with E-state index in [9.17, 15) is 9.90 Å². The van der Waals surface area contributed by atoms with Gasteiger partial charge in [-0.25, -0.2) is 4.79 Å². The summed E-state index contributed by atoms with van der Waals surface area (Å²) >= 11 is 0. The first-order valence-corrected chi connectivity index (χ1v) is 8.78. The number of fused-ring (bicyclic) bond motifs is 1. The lowest BCUT2D eigenvalue weighted by Gasteiger charge is -2.10. The van der Waals surface area contributed by atoms with Crippen molar-refractivity contribution in [2.45, 2.75) is 13.0 Å². The van der Waals surface area contributed by atoms with Crippen LogP contribution < -0.4 is 14.8 Å². The number of carbonyl (C=O) groups is 1. The maximum absolute atomic E-state index is 11.7. The molecule has 0 unspecified atom stereocenters. The Labute approximate surface area is 158 Å². The third-order valence-electron chi connectivity index (χ3n) is 4.75. The standard InChI is InChI=1S/C21H24N2O4/c1-23-17-7-5-4-6-15(17)16(20(23)21(24)25)13-22-11-10-14-8-9-18(26-2)19(12-14)27-3/h4-9,12,22H,10-11,13H2,1-3H3,(H,24,25). The molecule has 0 aliphatic carbocycles. The minimum Gasteiger partial charge on any atom is -0.493 e. The molecule has 1 heterocycles. The predicted molar refractivity (Wildman–Crippen MR) is 105 cm³/mol. The first-order chi connectivity index (χ1) is 13.1. The van der Waals surface area contributed by atoms with Crippen LogP contribution in [0.5, 0.6) is 11.5 Å². The highest BCUT2D eigenvalue weighted by molar-refractivity contribution is 5.98. The Morgan fingerprint density at radius 3 is 2.56 bits per heavy atom. The number of nitrogens with one attached hydrogen (secondary N) is 1. The van der Waals surface area contributed by atoms with Gasteiger partial charge in [-0.05, 0) is 36.7 Å². The van der Waals surface area contributed by atoms with Crippen LogP contribution in [0.25, 0.3) is 10.9 Å². The third kappa shape index (κ3) is 3.75. The fourth-order valence-corrected chi connectivity index (χ4v) is 3.41. The summed E-state index contributed by atoms with van der Waals surface area (Å²) in [5.74, 6) is 0.499. The van der Waals surface area contributed by atoms with Gasteiger partial charge in [0.25, 0.3) is 0 Å². The van der Waals surface area contributed by atoms with Crippen LogP contribution in [0.3, 0.4) is 0 Å². The summed E-state index contributed by atoms with van der Waals surface area (Å²) < 4.78 is 12.3. The van der Waals surface area contributed by atoms with Gasteiger partial charge in [-0.15, -0.1) is 0 Å². The molecule has 6 nitrogen and oxygen atoms in total. The number of hydrogen-bond acceptors (Lipinski definition) is 4. The van der Waals surface area contributed by atoms with Crippen molar-refractivity contribution >= 4 is 16.9 Å². The molecule has 0 amide bonds. The first kappa shape index (κ1) is 18.8. The van der Waals surface area contributed by atoms with Gasteiger partial charge in [0.2, 0.25) is 0 Å². The Morgan fingerprint density at radius 1 is 1.11 bits per heavy atom.